The lowest BCUT2D eigenvalue weighted by Gasteiger charge is -2.00. The minimum atomic E-state index is 0.758. The Labute approximate surface area is 203 Å². The summed E-state index contributed by atoms with van der Waals surface area (Å²) in [6, 6.07) is 11.7. The van der Waals surface area contributed by atoms with Crippen molar-refractivity contribution in [3.8, 4) is 36.0 Å². The molecule has 0 N–H and O–H groups in total. The Hall–Kier alpha value is -4.39. The van der Waals surface area contributed by atoms with Gasteiger partial charge < -0.3 is 0 Å². The predicted molar refractivity (Wildman–Crippen MR) is 140 cm³/mol. The summed E-state index contributed by atoms with van der Waals surface area (Å²) in [5.41, 5.74) is 5.28. The maximum Gasteiger partial charge on any atom is 0.0636 e. The third-order valence-electron chi connectivity index (χ3n) is 4.96. The van der Waals surface area contributed by atoms with Crippen molar-refractivity contribution in [2.24, 2.45) is 0 Å². The highest BCUT2D eigenvalue weighted by Crippen LogP contribution is 2.07. The van der Waals surface area contributed by atoms with Gasteiger partial charge >= 0.3 is 0 Å². The van der Waals surface area contributed by atoms with Gasteiger partial charge in [-0.05, 0) is 73.5 Å². The maximum atomic E-state index is 5.33. The Bertz CT molecular complexity index is 1270. The highest BCUT2D eigenvalue weighted by molar-refractivity contribution is 5.53. The van der Waals surface area contributed by atoms with Gasteiger partial charge in [0.1, 0.15) is 0 Å². The lowest BCUT2D eigenvalue weighted by Crippen LogP contribution is -1.90. The number of allylic oxidation sites excluding steroid dienone is 2. The van der Waals surface area contributed by atoms with Crippen LogP contribution in [-0.2, 0) is 6.42 Å². The summed E-state index contributed by atoms with van der Waals surface area (Å²) in [5.74, 6) is 14.8. The van der Waals surface area contributed by atoms with E-state index in [9.17, 15) is 0 Å². The Kier molecular flexibility index (Phi) is 9.92. The van der Waals surface area contributed by atoms with Gasteiger partial charge in [-0.15, -0.1) is 6.42 Å². The maximum absolute atomic E-state index is 5.33. The van der Waals surface area contributed by atoms with E-state index in [1.807, 2.05) is 48.7 Å². The van der Waals surface area contributed by atoms with Crippen LogP contribution in [0.5, 0.6) is 0 Å². The third-order valence-corrected chi connectivity index (χ3v) is 4.96. The number of aromatic nitrogens is 3. The SMILES string of the molecule is C#Cc1ccc(C=CC#Cc2ccc(C=CC#Cc3ccc(CCCCCC)nc3)nc2)nc1. The molecule has 0 bridgehead atoms. The van der Waals surface area contributed by atoms with Crippen molar-refractivity contribution in [3.63, 3.8) is 0 Å². The second-order valence-corrected chi connectivity index (χ2v) is 7.64. The second kappa shape index (κ2) is 13.9. The van der Waals surface area contributed by atoms with Crippen molar-refractivity contribution in [1.82, 2.24) is 15.0 Å². The van der Waals surface area contributed by atoms with Crippen LogP contribution in [0.2, 0.25) is 0 Å². The van der Waals surface area contributed by atoms with E-state index in [-0.39, 0.29) is 0 Å². The standard InChI is InChI=1S/C31H27N3/c1-3-5-6-7-14-29-21-18-27(24-33-29)13-9-11-16-31-22-19-28(25-34-31)12-8-10-15-30-20-17-26(4-2)23-32-30/h2,10-11,15-25H,3,5-7,14H2,1H3. The molecule has 34 heavy (non-hydrogen) atoms. The van der Waals surface area contributed by atoms with E-state index < -0.39 is 0 Å². The third kappa shape index (κ3) is 8.63. The van der Waals surface area contributed by atoms with Crippen molar-refractivity contribution < 1.29 is 0 Å². The number of aryl methyl sites for hydroxylation is 1. The second-order valence-electron chi connectivity index (χ2n) is 7.64. The molecule has 0 fully saturated rings. The monoisotopic (exact) mass is 441 g/mol. The molecule has 0 aliphatic heterocycles. The molecule has 3 aromatic rings. The van der Waals surface area contributed by atoms with Gasteiger partial charge in [-0.2, -0.15) is 0 Å². The molecule has 3 rings (SSSR count). The number of unbranched alkanes of at least 4 members (excludes halogenated alkanes) is 3. The molecule has 0 aliphatic rings. The van der Waals surface area contributed by atoms with E-state index >= 15 is 0 Å². The largest absolute Gasteiger partial charge is 0.260 e. The number of pyridine rings is 3. The highest BCUT2D eigenvalue weighted by atomic mass is 14.7. The number of hydrogen-bond acceptors (Lipinski definition) is 3. The van der Waals surface area contributed by atoms with Crippen LogP contribution in [0.25, 0.3) is 12.2 Å². The first-order valence-electron chi connectivity index (χ1n) is 11.5. The minimum absolute atomic E-state index is 0.758. The average Bonchev–Trinajstić information content (AvgIpc) is 2.89. The minimum Gasteiger partial charge on any atom is -0.260 e. The zero-order chi connectivity index (χ0) is 23.8. The molecule has 0 aliphatic carbocycles. The van der Waals surface area contributed by atoms with Crippen molar-refractivity contribution in [3.05, 3.63) is 101 Å². The fraction of sp³-hybridized carbons (Fsp3) is 0.194. The van der Waals surface area contributed by atoms with E-state index in [2.05, 4.69) is 57.5 Å². The smallest absolute Gasteiger partial charge is 0.0636 e. The van der Waals surface area contributed by atoms with E-state index in [0.717, 1.165) is 40.2 Å². The molecule has 0 aromatic carbocycles. The summed E-state index contributed by atoms with van der Waals surface area (Å²) >= 11 is 0. The number of hydrogen-bond donors (Lipinski definition) is 0. The quantitative estimate of drug-likeness (QED) is 0.328. The van der Waals surface area contributed by atoms with Crippen LogP contribution in [0.15, 0.2) is 67.1 Å². The van der Waals surface area contributed by atoms with Gasteiger partial charge in [0.15, 0.2) is 0 Å². The molecule has 3 nitrogen and oxygen atoms in total. The molecule has 0 amide bonds. The van der Waals surface area contributed by atoms with Crippen LogP contribution in [0.4, 0.5) is 0 Å². The molecular formula is C31H27N3. The Balaban J connectivity index is 1.48. The van der Waals surface area contributed by atoms with E-state index in [4.69, 9.17) is 6.42 Å². The number of terminal acetylenes is 1. The molecule has 0 atom stereocenters. The van der Waals surface area contributed by atoms with E-state index in [1.165, 1.54) is 25.7 Å². The zero-order valence-corrected chi connectivity index (χ0v) is 19.5. The summed E-state index contributed by atoms with van der Waals surface area (Å²) in [7, 11) is 0. The molecule has 0 radical (unpaired) electrons. The number of rotatable bonds is 7. The van der Waals surface area contributed by atoms with Crippen LogP contribution in [-0.4, -0.2) is 15.0 Å². The fourth-order valence-electron chi connectivity index (χ4n) is 3.05. The molecular weight excluding hydrogens is 414 g/mol. The molecule has 166 valence electrons. The van der Waals surface area contributed by atoms with Crippen LogP contribution in [0.1, 0.15) is 66.4 Å². The van der Waals surface area contributed by atoms with Gasteiger partial charge in [0.25, 0.3) is 0 Å². The fourth-order valence-corrected chi connectivity index (χ4v) is 3.05. The van der Waals surface area contributed by atoms with Crippen molar-refractivity contribution in [2.75, 3.05) is 0 Å². The Morgan fingerprint density at radius 2 is 1.29 bits per heavy atom. The van der Waals surface area contributed by atoms with Gasteiger partial charge in [-0.25, -0.2) is 0 Å². The molecule has 3 heteroatoms. The van der Waals surface area contributed by atoms with Crippen LogP contribution < -0.4 is 0 Å². The normalized spacial score (nSPS) is 10.4. The summed E-state index contributed by atoms with van der Waals surface area (Å²) in [4.78, 5) is 13.2. The van der Waals surface area contributed by atoms with E-state index in [1.54, 1.807) is 24.5 Å². The summed E-state index contributed by atoms with van der Waals surface area (Å²) in [6.07, 6.45) is 23.9. The van der Waals surface area contributed by atoms with Crippen molar-refractivity contribution in [1.29, 1.82) is 0 Å². The first-order chi connectivity index (χ1) is 16.8. The first kappa shape index (κ1) is 24.3. The Morgan fingerprint density at radius 3 is 1.79 bits per heavy atom. The summed E-state index contributed by atoms with van der Waals surface area (Å²) in [5, 5.41) is 0. The molecule has 0 saturated heterocycles. The van der Waals surface area contributed by atoms with E-state index in [0.29, 0.717) is 0 Å². The highest BCUT2D eigenvalue weighted by Gasteiger charge is 1.95. The topological polar surface area (TPSA) is 38.7 Å². The van der Waals surface area contributed by atoms with Gasteiger partial charge in [-0.3, -0.25) is 15.0 Å². The van der Waals surface area contributed by atoms with Gasteiger partial charge in [-0.1, -0.05) is 55.8 Å². The molecule has 3 aromatic heterocycles. The van der Waals surface area contributed by atoms with Crippen molar-refractivity contribution in [2.45, 2.75) is 39.0 Å². The molecule has 0 spiro atoms. The molecule has 3 heterocycles. The summed E-state index contributed by atoms with van der Waals surface area (Å²) < 4.78 is 0. The molecule has 0 unspecified atom stereocenters. The lowest BCUT2D eigenvalue weighted by molar-refractivity contribution is 0.660. The molecule has 0 saturated carbocycles. The van der Waals surface area contributed by atoms with Crippen molar-refractivity contribution >= 4 is 12.2 Å². The summed E-state index contributed by atoms with van der Waals surface area (Å²) in [6.45, 7) is 2.22. The van der Waals surface area contributed by atoms with Crippen LogP contribution >= 0.6 is 0 Å². The lowest BCUT2D eigenvalue weighted by atomic mass is 10.1. The average molecular weight is 442 g/mol. The predicted octanol–water partition coefficient (Wildman–Crippen LogP) is 6.11. The zero-order valence-electron chi connectivity index (χ0n) is 19.5. The van der Waals surface area contributed by atoms with Crippen LogP contribution in [0, 0.1) is 36.0 Å². The first-order valence-corrected chi connectivity index (χ1v) is 11.5. The Morgan fingerprint density at radius 1 is 0.706 bits per heavy atom. The van der Waals surface area contributed by atoms with Gasteiger partial charge in [0.05, 0.1) is 11.4 Å². The van der Waals surface area contributed by atoms with Crippen LogP contribution in [0.3, 0.4) is 0 Å². The van der Waals surface area contributed by atoms with Gasteiger partial charge in [0, 0.05) is 41.0 Å². The number of nitrogens with zero attached hydrogens (tertiary/aromatic N) is 3. The van der Waals surface area contributed by atoms with Gasteiger partial charge in [0.2, 0.25) is 0 Å².